The van der Waals surface area contributed by atoms with Gasteiger partial charge in [-0.3, -0.25) is 0 Å². The maximum absolute atomic E-state index is 9.27. The van der Waals surface area contributed by atoms with Gasteiger partial charge in [-0.25, -0.2) is 0 Å². The maximum atomic E-state index is 9.27. The second kappa shape index (κ2) is 3.53. The van der Waals surface area contributed by atoms with Gasteiger partial charge in [-0.1, -0.05) is 32.9 Å². The summed E-state index contributed by atoms with van der Waals surface area (Å²) in [7, 11) is 0. The number of aliphatic hydroxyl groups is 1. The Morgan fingerprint density at radius 1 is 1.40 bits per heavy atom. The second-order valence-electron chi connectivity index (χ2n) is 5.31. The van der Waals surface area contributed by atoms with Gasteiger partial charge in [0.1, 0.15) is 0 Å². The summed E-state index contributed by atoms with van der Waals surface area (Å²) in [6.45, 7) is 7.73. The zero-order valence-corrected chi connectivity index (χ0v) is 9.67. The Balaban J connectivity index is 2.41. The standard InChI is InChI=1S/C13H19NO/c1-13(2,3)10-4-5-12-11(6-10)9(8-15)7-14-12/h4-6,9,14-15H,7-8H2,1-3H3. The molecule has 0 saturated heterocycles. The van der Waals surface area contributed by atoms with Gasteiger partial charge in [-0.05, 0) is 22.6 Å². The zero-order valence-electron chi connectivity index (χ0n) is 9.67. The SMILES string of the molecule is CC(C)(C)c1ccc2c(c1)C(CO)CN2. The number of benzene rings is 1. The molecule has 0 spiro atoms. The second-order valence-corrected chi connectivity index (χ2v) is 5.31. The molecule has 82 valence electrons. The number of rotatable bonds is 1. The first-order chi connectivity index (χ1) is 7.02. The molecular formula is C13H19NO. The lowest BCUT2D eigenvalue weighted by Gasteiger charge is -2.20. The van der Waals surface area contributed by atoms with E-state index in [9.17, 15) is 5.11 Å². The molecule has 0 amide bonds. The van der Waals surface area contributed by atoms with Gasteiger partial charge in [0.2, 0.25) is 0 Å². The van der Waals surface area contributed by atoms with Crippen LogP contribution in [0.15, 0.2) is 18.2 Å². The van der Waals surface area contributed by atoms with Crippen LogP contribution >= 0.6 is 0 Å². The maximum Gasteiger partial charge on any atom is 0.0517 e. The molecule has 2 heteroatoms. The summed E-state index contributed by atoms with van der Waals surface area (Å²) in [6, 6.07) is 6.54. The fraction of sp³-hybridized carbons (Fsp3) is 0.538. The van der Waals surface area contributed by atoms with Crippen LogP contribution < -0.4 is 5.32 Å². The van der Waals surface area contributed by atoms with E-state index in [4.69, 9.17) is 0 Å². The highest BCUT2D eigenvalue weighted by molar-refractivity contribution is 5.59. The van der Waals surface area contributed by atoms with Crippen molar-refractivity contribution >= 4 is 5.69 Å². The highest BCUT2D eigenvalue weighted by atomic mass is 16.3. The number of fused-ring (bicyclic) bond motifs is 1. The van der Waals surface area contributed by atoms with Gasteiger partial charge >= 0.3 is 0 Å². The molecule has 1 aromatic carbocycles. The van der Waals surface area contributed by atoms with Crippen molar-refractivity contribution in [1.82, 2.24) is 0 Å². The number of hydrogen-bond donors (Lipinski definition) is 2. The molecule has 2 nitrogen and oxygen atoms in total. The van der Waals surface area contributed by atoms with Gasteiger partial charge in [0.25, 0.3) is 0 Å². The fourth-order valence-corrected chi connectivity index (χ4v) is 2.03. The van der Waals surface area contributed by atoms with Crippen LogP contribution in [0.1, 0.15) is 37.8 Å². The highest BCUT2D eigenvalue weighted by Crippen LogP contribution is 2.34. The molecule has 2 N–H and O–H groups in total. The molecule has 0 bridgehead atoms. The topological polar surface area (TPSA) is 32.3 Å². The first-order valence-corrected chi connectivity index (χ1v) is 5.51. The molecule has 1 heterocycles. The van der Waals surface area contributed by atoms with Gasteiger partial charge in [-0.15, -0.1) is 0 Å². The minimum Gasteiger partial charge on any atom is -0.396 e. The van der Waals surface area contributed by atoms with Crippen molar-refractivity contribution in [3.05, 3.63) is 29.3 Å². The van der Waals surface area contributed by atoms with Crippen molar-refractivity contribution in [1.29, 1.82) is 0 Å². The van der Waals surface area contributed by atoms with Gasteiger partial charge in [0, 0.05) is 18.2 Å². The number of anilines is 1. The Morgan fingerprint density at radius 3 is 2.73 bits per heavy atom. The summed E-state index contributed by atoms with van der Waals surface area (Å²) in [5.74, 6) is 0.266. The molecule has 1 aliphatic heterocycles. The smallest absolute Gasteiger partial charge is 0.0517 e. The molecule has 0 aliphatic carbocycles. The van der Waals surface area contributed by atoms with Crippen molar-refractivity contribution in [2.24, 2.45) is 0 Å². The van der Waals surface area contributed by atoms with Crippen molar-refractivity contribution < 1.29 is 5.11 Å². The summed E-state index contributed by atoms with van der Waals surface area (Å²) in [6.07, 6.45) is 0. The summed E-state index contributed by atoms with van der Waals surface area (Å²) < 4.78 is 0. The van der Waals surface area contributed by atoms with Crippen LogP contribution in [0.25, 0.3) is 0 Å². The van der Waals surface area contributed by atoms with Crippen molar-refractivity contribution in [2.75, 3.05) is 18.5 Å². The monoisotopic (exact) mass is 205 g/mol. The molecule has 1 aromatic rings. The molecule has 1 atom stereocenters. The molecule has 0 aromatic heterocycles. The van der Waals surface area contributed by atoms with E-state index in [2.05, 4.69) is 44.3 Å². The van der Waals surface area contributed by atoms with Crippen molar-refractivity contribution in [2.45, 2.75) is 32.1 Å². The van der Waals surface area contributed by atoms with E-state index in [-0.39, 0.29) is 17.9 Å². The number of aliphatic hydroxyl groups excluding tert-OH is 1. The first-order valence-electron chi connectivity index (χ1n) is 5.51. The molecule has 0 radical (unpaired) electrons. The molecule has 0 saturated carbocycles. The molecule has 0 fully saturated rings. The van der Waals surface area contributed by atoms with Crippen LogP contribution in [-0.4, -0.2) is 18.3 Å². The zero-order chi connectivity index (χ0) is 11.1. The summed E-state index contributed by atoms with van der Waals surface area (Å²) in [5, 5.41) is 12.6. The predicted octanol–water partition coefficient (Wildman–Crippen LogP) is 2.49. The molecular weight excluding hydrogens is 186 g/mol. The Kier molecular flexibility index (Phi) is 2.47. The lowest BCUT2D eigenvalue weighted by molar-refractivity contribution is 0.273. The normalized spacial score (nSPS) is 19.9. The molecule has 1 aliphatic rings. The van der Waals surface area contributed by atoms with Crippen LogP contribution in [0, 0.1) is 0 Å². The average Bonchev–Trinajstić information content (AvgIpc) is 2.57. The van der Waals surface area contributed by atoms with Gasteiger partial charge < -0.3 is 10.4 Å². The lowest BCUT2D eigenvalue weighted by atomic mass is 9.85. The lowest BCUT2D eigenvalue weighted by Crippen LogP contribution is -2.12. The first kappa shape index (κ1) is 10.5. The Labute approximate surface area is 91.3 Å². The quantitative estimate of drug-likeness (QED) is 0.738. The van der Waals surface area contributed by atoms with Gasteiger partial charge in [-0.2, -0.15) is 0 Å². The third kappa shape index (κ3) is 1.86. The third-order valence-electron chi connectivity index (χ3n) is 3.12. The summed E-state index contributed by atoms with van der Waals surface area (Å²) in [5.41, 5.74) is 3.97. The minimum atomic E-state index is 0.178. The molecule has 1 unspecified atom stereocenters. The van der Waals surface area contributed by atoms with Crippen molar-refractivity contribution in [3.63, 3.8) is 0 Å². The molecule has 15 heavy (non-hydrogen) atoms. The highest BCUT2D eigenvalue weighted by Gasteiger charge is 2.23. The van der Waals surface area contributed by atoms with Crippen LogP contribution in [0.3, 0.4) is 0 Å². The summed E-state index contributed by atoms with van der Waals surface area (Å²) in [4.78, 5) is 0. The predicted molar refractivity (Wildman–Crippen MR) is 63.5 cm³/mol. The largest absolute Gasteiger partial charge is 0.396 e. The average molecular weight is 205 g/mol. The third-order valence-corrected chi connectivity index (χ3v) is 3.12. The van der Waals surface area contributed by atoms with E-state index in [0.29, 0.717) is 0 Å². The Hall–Kier alpha value is -1.02. The molecule has 2 rings (SSSR count). The number of hydrogen-bond acceptors (Lipinski definition) is 2. The van der Waals surface area contributed by atoms with Crippen LogP contribution in [0.4, 0.5) is 5.69 Å². The van der Waals surface area contributed by atoms with E-state index in [1.165, 1.54) is 16.8 Å². The van der Waals surface area contributed by atoms with Crippen LogP contribution in [0.2, 0.25) is 0 Å². The van der Waals surface area contributed by atoms with E-state index in [1.807, 2.05) is 0 Å². The Bertz CT molecular complexity index is 365. The Morgan fingerprint density at radius 2 is 2.13 bits per heavy atom. The summed E-state index contributed by atoms with van der Waals surface area (Å²) >= 11 is 0. The van der Waals surface area contributed by atoms with Crippen LogP contribution in [-0.2, 0) is 5.41 Å². The number of nitrogens with one attached hydrogen (secondary N) is 1. The van der Waals surface area contributed by atoms with E-state index >= 15 is 0 Å². The van der Waals surface area contributed by atoms with Gasteiger partial charge in [0.05, 0.1) is 6.61 Å². The van der Waals surface area contributed by atoms with Gasteiger partial charge in [0.15, 0.2) is 0 Å². The van der Waals surface area contributed by atoms with E-state index in [0.717, 1.165) is 6.54 Å². The van der Waals surface area contributed by atoms with Crippen molar-refractivity contribution in [3.8, 4) is 0 Å². The van der Waals surface area contributed by atoms with E-state index < -0.39 is 0 Å². The van der Waals surface area contributed by atoms with E-state index in [1.54, 1.807) is 0 Å². The van der Waals surface area contributed by atoms with Crippen LogP contribution in [0.5, 0.6) is 0 Å². The fourth-order valence-electron chi connectivity index (χ4n) is 2.03. The minimum absolute atomic E-state index is 0.178.